The summed E-state index contributed by atoms with van der Waals surface area (Å²) < 4.78 is 5.37. The van der Waals surface area contributed by atoms with E-state index in [9.17, 15) is 4.79 Å². The molecule has 100 valence electrons. The lowest BCUT2D eigenvalue weighted by Gasteiger charge is -2.27. The molecule has 1 amide bonds. The van der Waals surface area contributed by atoms with Gasteiger partial charge in [-0.15, -0.1) is 0 Å². The van der Waals surface area contributed by atoms with Crippen molar-refractivity contribution in [3.63, 3.8) is 0 Å². The summed E-state index contributed by atoms with van der Waals surface area (Å²) in [6, 6.07) is 4.27. The molecule has 0 saturated carbocycles. The summed E-state index contributed by atoms with van der Waals surface area (Å²) in [5, 5.41) is 2.88. The Hall–Kier alpha value is -1.51. The Balaban J connectivity index is 3.05. The number of ether oxygens (including phenoxy) is 1. The van der Waals surface area contributed by atoms with E-state index in [0.29, 0.717) is 6.54 Å². The van der Waals surface area contributed by atoms with E-state index in [1.54, 1.807) is 14.0 Å². The number of hydrogen-bond acceptors (Lipinski definition) is 2. The van der Waals surface area contributed by atoms with Crippen molar-refractivity contribution >= 4 is 5.91 Å². The minimum absolute atomic E-state index is 0.00466. The first-order chi connectivity index (χ1) is 8.27. The zero-order valence-corrected chi connectivity index (χ0v) is 12.2. The van der Waals surface area contributed by atoms with Crippen LogP contribution < -0.4 is 10.1 Å². The van der Waals surface area contributed by atoms with Crippen molar-refractivity contribution in [2.24, 2.45) is 0 Å². The van der Waals surface area contributed by atoms with Crippen molar-refractivity contribution < 1.29 is 9.53 Å². The van der Waals surface area contributed by atoms with Gasteiger partial charge in [0.1, 0.15) is 5.75 Å². The van der Waals surface area contributed by atoms with Crippen LogP contribution in [0.4, 0.5) is 0 Å². The van der Waals surface area contributed by atoms with Gasteiger partial charge in [-0.3, -0.25) is 4.79 Å². The fraction of sp³-hybridized carbons (Fsp3) is 0.533. The van der Waals surface area contributed by atoms with Crippen molar-refractivity contribution in [2.45, 2.75) is 40.0 Å². The van der Waals surface area contributed by atoms with E-state index >= 15 is 0 Å². The molecule has 1 N–H and O–H groups in total. The number of hydrogen-bond donors (Lipinski definition) is 1. The number of nitrogens with one attached hydrogen (secondary N) is 1. The Bertz CT molecular complexity index is 427. The Morgan fingerprint density at radius 2 is 1.78 bits per heavy atom. The van der Waals surface area contributed by atoms with Crippen LogP contribution in [0.25, 0.3) is 0 Å². The summed E-state index contributed by atoms with van der Waals surface area (Å²) in [5.41, 5.74) is 3.38. The lowest BCUT2D eigenvalue weighted by atomic mass is 9.82. The van der Waals surface area contributed by atoms with E-state index < -0.39 is 0 Å². The zero-order valence-electron chi connectivity index (χ0n) is 12.2. The number of carbonyl (C=O) groups is 1. The molecule has 1 rings (SSSR count). The molecule has 0 atom stereocenters. The van der Waals surface area contributed by atoms with E-state index in [-0.39, 0.29) is 11.3 Å². The second-order valence-electron chi connectivity index (χ2n) is 5.44. The van der Waals surface area contributed by atoms with Crippen LogP contribution in [0.5, 0.6) is 5.75 Å². The monoisotopic (exact) mass is 249 g/mol. The van der Waals surface area contributed by atoms with Gasteiger partial charge in [0.2, 0.25) is 5.91 Å². The van der Waals surface area contributed by atoms with Crippen LogP contribution in [0.1, 0.15) is 37.5 Å². The van der Waals surface area contributed by atoms with E-state index in [1.807, 2.05) is 13.8 Å². The van der Waals surface area contributed by atoms with Crippen LogP contribution in [-0.2, 0) is 10.2 Å². The van der Waals surface area contributed by atoms with Gasteiger partial charge in [0.05, 0.1) is 7.11 Å². The molecule has 0 aliphatic heterocycles. The number of benzene rings is 1. The lowest BCUT2D eigenvalue weighted by Crippen LogP contribution is -2.35. The van der Waals surface area contributed by atoms with Crippen molar-refractivity contribution in [2.75, 3.05) is 13.7 Å². The topological polar surface area (TPSA) is 38.3 Å². The molecule has 3 heteroatoms. The van der Waals surface area contributed by atoms with Crippen LogP contribution >= 0.6 is 0 Å². The van der Waals surface area contributed by atoms with Crippen LogP contribution in [-0.4, -0.2) is 19.6 Å². The van der Waals surface area contributed by atoms with Gasteiger partial charge in [0, 0.05) is 18.9 Å². The summed E-state index contributed by atoms with van der Waals surface area (Å²) in [6.45, 7) is 10.5. The molecule has 0 aliphatic carbocycles. The molecular weight excluding hydrogens is 226 g/mol. The molecule has 1 aromatic rings. The van der Waals surface area contributed by atoms with E-state index in [4.69, 9.17) is 4.74 Å². The molecule has 0 bridgehead atoms. The summed E-state index contributed by atoms with van der Waals surface area (Å²) in [5.74, 6) is 0.944. The molecule has 18 heavy (non-hydrogen) atoms. The minimum Gasteiger partial charge on any atom is -0.496 e. The van der Waals surface area contributed by atoms with E-state index in [0.717, 1.165) is 16.9 Å². The maximum absolute atomic E-state index is 11.0. The zero-order chi connectivity index (χ0) is 13.9. The average Bonchev–Trinajstić information content (AvgIpc) is 2.26. The van der Waals surface area contributed by atoms with Gasteiger partial charge in [0.25, 0.3) is 0 Å². The van der Waals surface area contributed by atoms with Crippen LogP contribution in [0.3, 0.4) is 0 Å². The highest BCUT2D eigenvalue weighted by molar-refractivity contribution is 5.73. The largest absolute Gasteiger partial charge is 0.496 e. The Labute approximate surface area is 110 Å². The number of carbonyl (C=O) groups excluding carboxylic acids is 1. The number of rotatable bonds is 4. The average molecular weight is 249 g/mol. The highest BCUT2D eigenvalue weighted by atomic mass is 16.5. The Morgan fingerprint density at radius 1 is 1.28 bits per heavy atom. The Kier molecular flexibility index (Phi) is 4.38. The number of aryl methyl sites for hydroxylation is 2. The van der Waals surface area contributed by atoms with Crippen molar-refractivity contribution in [1.82, 2.24) is 5.32 Å². The first-order valence-electron chi connectivity index (χ1n) is 6.18. The van der Waals surface area contributed by atoms with Gasteiger partial charge in [-0.1, -0.05) is 26.0 Å². The molecule has 1 aromatic carbocycles. The maximum Gasteiger partial charge on any atom is 0.216 e. The number of methoxy groups -OCH3 is 1. The first-order valence-corrected chi connectivity index (χ1v) is 6.18. The third kappa shape index (κ3) is 3.25. The quantitative estimate of drug-likeness (QED) is 0.891. The first kappa shape index (κ1) is 14.6. The minimum atomic E-state index is -0.0898. The molecule has 0 aromatic heterocycles. The van der Waals surface area contributed by atoms with Crippen LogP contribution in [0, 0.1) is 13.8 Å². The summed E-state index contributed by atoms with van der Waals surface area (Å²) in [7, 11) is 1.69. The summed E-state index contributed by atoms with van der Waals surface area (Å²) >= 11 is 0. The van der Waals surface area contributed by atoms with Gasteiger partial charge < -0.3 is 10.1 Å². The molecule has 0 radical (unpaired) electrons. The second kappa shape index (κ2) is 5.42. The van der Waals surface area contributed by atoms with E-state index in [1.165, 1.54) is 5.56 Å². The lowest BCUT2D eigenvalue weighted by molar-refractivity contribution is -0.119. The molecule has 0 saturated heterocycles. The maximum atomic E-state index is 11.0. The normalized spacial score (nSPS) is 11.2. The van der Waals surface area contributed by atoms with Gasteiger partial charge in [-0.25, -0.2) is 0 Å². The van der Waals surface area contributed by atoms with Gasteiger partial charge in [0.15, 0.2) is 0 Å². The fourth-order valence-corrected chi connectivity index (χ4v) is 2.11. The highest BCUT2D eigenvalue weighted by Crippen LogP contribution is 2.30. The highest BCUT2D eigenvalue weighted by Gasteiger charge is 2.22. The van der Waals surface area contributed by atoms with Crippen molar-refractivity contribution in [1.29, 1.82) is 0 Å². The predicted molar refractivity (Wildman–Crippen MR) is 74.2 cm³/mol. The third-order valence-electron chi connectivity index (χ3n) is 3.23. The Morgan fingerprint density at radius 3 is 2.17 bits per heavy atom. The summed E-state index contributed by atoms with van der Waals surface area (Å²) in [6.07, 6.45) is 0. The molecule has 0 unspecified atom stereocenters. The van der Waals surface area contributed by atoms with Gasteiger partial charge in [-0.05, 0) is 30.5 Å². The second-order valence-corrected chi connectivity index (χ2v) is 5.44. The van der Waals surface area contributed by atoms with Crippen molar-refractivity contribution in [3.05, 3.63) is 28.8 Å². The smallest absolute Gasteiger partial charge is 0.216 e. The number of amides is 1. The SMILES string of the molecule is COc1c(C)cc(C(C)(C)CNC(C)=O)cc1C. The third-order valence-corrected chi connectivity index (χ3v) is 3.23. The summed E-state index contributed by atoms with van der Waals surface area (Å²) in [4.78, 5) is 11.0. The molecular formula is C15H23NO2. The predicted octanol–water partition coefficient (Wildman–Crippen LogP) is 2.73. The van der Waals surface area contributed by atoms with Crippen molar-refractivity contribution in [3.8, 4) is 5.75 Å². The van der Waals surface area contributed by atoms with E-state index in [2.05, 4.69) is 31.3 Å². The van der Waals surface area contributed by atoms with Crippen LogP contribution in [0.2, 0.25) is 0 Å². The van der Waals surface area contributed by atoms with Crippen LogP contribution in [0.15, 0.2) is 12.1 Å². The fourth-order valence-electron chi connectivity index (χ4n) is 2.11. The van der Waals surface area contributed by atoms with Gasteiger partial charge in [-0.2, -0.15) is 0 Å². The molecule has 0 aliphatic rings. The molecule has 0 fully saturated rings. The standard InChI is InChI=1S/C15H23NO2/c1-10-7-13(8-11(2)14(10)18-6)15(4,5)9-16-12(3)17/h7-8H,9H2,1-6H3,(H,16,17). The molecule has 3 nitrogen and oxygen atoms in total. The van der Waals surface area contributed by atoms with Gasteiger partial charge >= 0.3 is 0 Å². The molecule has 0 heterocycles. The molecule has 0 spiro atoms.